The maximum atomic E-state index is 6.59. The van der Waals surface area contributed by atoms with Gasteiger partial charge in [-0.1, -0.05) is 177 Å². The minimum atomic E-state index is -0.517. The van der Waals surface area contributed by atoms with E-state index in [4.69, 9.17) is 4.42 Å². The summed E-state index contributed by atoms with van der Waals surface area (Å²) >= 11 is 0. The van der Waals surface area contributed by atoms with E-state index in [2.05, 4.69) is 224 Å². The fourth-order valence-electron chi connectivity index (χ4n) is 11.4. The Labute approximate surface area is 365 Å². The molecule has 0 bridgehead atoms. The van der Waals surface area contributed by atoms with Gasteiger partial charge in [-0.2, -0.15) is 0 Å². The van der Waals surface area contributed by atoms with Gasteiger partial charge in [0.1, 0.15) is 11.2 Å². The lowest BCUT2D eigenvalue weighted by Crippen LogP contribution is -2.27. The van der Waals surface area contributed by atoms with Gasteiger partial charge in [-0.25, -0.2) is 0 Å². The first kappa shape index (κ1) is 37.1. The van der Waals surface area contributed by atoms with E-state index in [0.29, 0.717) is 0 Å². The quantitative estimate of drug-likeness (QED) is 0.177. The molecule has 302 valence electrons. The number of benzene rings is 8. The Balaban J connectivity index is 1.18. The maximum Gasteiger partial charge on any atom is 0.137 e. The monoisotopic (exact) mass is 801 g/mol. The number of furan rings is 1. The molecule has 2 nitrogen and oxygen atoms in total. The average molecular weight is 802 g/mol. The molecule has 8 aromatic carbocycles. The van der Waals surface area contributed by atoms with Gasteiger partial charge < -0.3 is 9.32 Å². The Hall–Kier alpha value is -6.64. The predicted molar refractivity (Wildman–Crippen MR) is 260 cm³/mol. The molecule has 0 atom stereocenters. The second kappa shape index (κ2) is 12.5. The van der Waals surface area contributed by atoms with Crippen LogP contribution in [-0.2, 0) is 21.7 Å². The highest BCUT2D eigenvalue weighted by molar-refractivity contribution is 6.13. The van der Waals surface area contributed by atoms with Crippen molar-refractivity contribution in [1.29, 1.82) is 0 Å². The van der Waals surface area contributed by atoms with Gasteiger partial charge in [0, 0.05) is 22.2 Å². The van der Waals surface area contributed by atoms with Gasteiger partial charge in [0.05, 0.1) is 16.5 Å². The molecule has 0 fully saturated rings. The zero-order valence-electron chi connectivity index (χ0n) is 36.9. The van der Waals surface area contributed by atoms with E-state index in [0.717, 1.165) is 39.0 Å². The summed E-state index contributed by atoms with van der Waals surface area (Å²) in [7, 11) is 0. The second-order valence-electron chi connectivity index (χ2n) is 20.5. The molecule has 1 heterocycles. The molecule has 62 heavy (non-hydrogen) atoms. The lowest BCUT2D eigenvalue weighted by atomic mass is 9.68. The van der Waals surface area contributed by atoms with E-state index in [1.165, 1.54) is 77.9 Å². The highest BCUT2D eigenvalue weighted by Crippen LogP contribution is 2.64. The molecule has 0 saturated carbocycles. The van der Waals surface area contributed by atoms with Crippen LogP contribution in [0.3, 0.4) is 0 Å². The fraction of sp³-hybridized carbons (Fsp3) is 0.200. The van der Waals surface area contributed by atoms with Gasteiger partial charge in [-0.05, 0) is 131 Å². The molecule has 0 aliphatic heterocycles. The summed E-state index contributed by atoms with van der Waals surface area (Å²) in [5, 5.41) is 2.23. The van der Waals surface area contributed by atoms with Crippen molar-refractivity contribution < 1.29 is 4.42 Å². The lowest BCUT2D eigenvalue weighted by molar-refractivity contribution is 0.586. The van der Waals surface area contributed by atoms with Crippen LogP contribution in [0.1, 0.15) is 99.9 Å². The maximum absolute atomic E-state index is 6.59. The van der Waals surface area contributed by atoms with Gasteiger partial charge in [-0.15, -0.1) is 0 Å². The molecule has 0 unspecified atom stereocenters. The minimum Gasteiger partial charge on any atom is -0.456 e. The van der Waals surface area contributed by atoms with Crippen LogP contribution >= 0.6 is 0 Å². The minimum absolute atomic E-state index is 0.0196. The number of fused-ring (bicyclic) bond motifs is 16. The Kier molecular flexibility index (Phi) is 7.48. The zero-order chi connectivity index (χ0) is 42.5. The second-order valence-corrected chi connectivity index (χ2v) is 20.5. The zero-order valence-corrected chi connectivity index (χ0v) is 36.9. The molecule has 1 spiro atoms. The molecule has 1 aromatic heterocycles. The summed E-state index contributed by atoms with van der Waals surface area (Å²) in [6.07, 6.45) is 0. The van der Waals surface area contributed by atoms with Crippen molar-refractivity contribution in [3.05, 3.63) is 208 Å². The highest BCUT2D eigenvalue weighted by Gasteiger charge is 2.52. The van der Waals surface area contributed by atoms with Crippen LogP contribution < -0.4 is 4.90 Å². The van der Waals surface area contributed by atoms with Crippen molar-refractivity contribution in [3.63, 3.8) is 0 Å². The van der Waals surface area contributed by atoms with Crippen molar-refractivity contribution in [1.82, 2.24) is 0 Å². The van der Waals surface area contributed by atoms with Gasteiger partial charge in [-0.3, -0.25) is 0 Å². The third kappa shape index (κ3) is 4.92. The Morgan fingerprint density at radius 2 is 0.871 bits per heavy atom. The number of anilines is 3. The molecule has 3 aliphatic rings. The molecule has 12 rings (SSSR count). The molecular formula is C60H51NO. The molecule has 0 N–H and O–H groups in total. The summed E-state index contributed by atoms with van der Waals surface area (Å²) in [5.74, 6) is 0. The number of nitrogens with zero attached hydrogens (tertiary/aromatic N) is 1. The third-order valence-corrected chi connectivity index (χ3v) is 14.6. The number of para-hydroxylation sites is 1. The van der Waals surface area contributed by atoms with Crippen LogP contribution in [0, 0.1) is 0 Å². The molecule has 3 aliphatic carbocycles. The summed E-state index contributed by atoms with van der Waals surface area (Å²) in [6.45, 7) is 18.8. The van der Waals surface area contributed by atoms with Gasteiger partial charge in [0.25, 0.3) is 0 Å². The molecule has 9 aromatic rings. The molecule has 0 radical (unpaired) electrons. The van der Waals surface area contributed by atoms with E-state index in [1.807, 2.05) is 0 Å². The van der Waals surface area contributed by atoms with E-state index >= 15 is 0 Å². The first-order valence-corrected chi connectivity index (χ1v) is 22.3. The highest BCUT2D eigenvalue weighted by atomic mass is 16.3. The standard InChI is InChI=1S/C60H51NO/c1-57(2,3)36-24-28-43-44-29-25-37(58(4,5)6)33-51(44)60(50(43)32-36)48-20-13-10-17-41(48)45-31-27-39(35-52(45)60)61(53-21-15-23-55-56(53)46-18-11-14-22-54(46)62-55)38-26-30-42-40-16-9-12-19-47(40)59(7,8)49(42)34-38/h9-35H,1-8H3. The van der Waals surface area contributed by atoms with Crippen LogP contribution in [-0.4, -0.2) is 0 Å². The van der Waals surface area contributed by atoms with Crippen molar-refractivity contribution in [2.75, 3.05) is 4.90 Å². The van der Waals surface area contributed by atoms with E-state index < -0.39 is 5.41 Å². The van der Waals surface area contributed by atoms with E-state index in [9.17, 15) is 0 Å². The van der Waals surface area contributed by atoms with Crippen LogP contribution in [0.2, 0.25) is 0 Å². The van der Waals surface area contributed by atoms with Crippen molar-refractivity contribution >= 4 is 39.0 Å². The van der Waals surface area contributed by atoms with Crippen LogP contribution in [0.15, 0.2) is 168 Å². The largest absolute Gasteiger partial charge is 0.456 e. The van der Waals surface area contributed by atoms with Gasteiger partial charge >= 0.3 is 0 Å². The number of hydrogen-bond donors (Lipinski definition) is 0. The first-order valence-electron chi connectivity index (χ1n) is 22.3. The first-order chi connectivity index (χ1) is 29.8. The van der Waals surface area contributed by atoms with E-state index in [1.54, 1.807) is 0 Å². The van der Waals surface area contributed by atoms with Crippen molar-refractivity contribution in [2.24, 2.45) is 0 Å². The number of rotatable bonds is 3. The summed E-state index contributed by atoms with van der Waals surface area (Å²) in [4.78, 5) is 2.51. The van der Waals surface area contributed by atoms with Crippen LogP contribution in [0.4, 0.5) is 17.1 Å². The van der Waals surface area contributed by atoms with E-state index in [-0.39, 0.29) is 16.2 Å². The van der Waals surface area contributed by atoms with Crippen molar-refractivity contribution in [3.8, 4) is 33.4 Å². The molecule has 2 heteroatoms. The summed E-state index contributed by atoms with van der Waals surface area (Å²) in [6, 6.07) is 62.2. The SMILES string of the molecule is CC(C)(C)c1ccc2c(c1)C1(c3ccccc3-c3ccc(N(c4ccc5c(c4)C(C)(C)c4ccccc4-5)c4cccc5oc6ccccc6c45)cc31)c1cc(C(C)(C)C)ccc1-2. The van der Waals surface area contributed by atoms with Crippen LogP contribution in [0.5, 0.6) is 0 Å². The summed E-state index contributed by atoms with van der Waals surface area (Å²) in [5.41, 5.74) is 23.2. The molecule has 0 saturated heterocycles. The Morgan fingerprint density at radius 1 is 0.403 bits per heavy atom. The van der Waals surface area contributed by atoms with Crippen molar-refractivity contribution in [2.45, 2.75) is 77.0 Å². The fourth-order valence-corrected chi connectivity index (χ4v) is 11.4. The number of hydrogen-bond acceptors (Lipinski definition) is 2. The summed E-state index contributed by atoms with van der Waals surface area (Å²) < 4.78 is 6.59. The Morgan fingerprint density at radius 3 is 1.50 bits per heavy atom. The Bertz CT molecular complexity index is 3300. The predicted octanol–water partition coefficient (Wildman–Crippen LogP) is 16.3. The average Bonchev–Trinajstić information content (AvgIpc) is 3.95. The smallest absolute Gasteiger partial charge is 0.137 e. The lowest BCUT2D eigenvalue weighted by Gasteiger charge is -2.34. The van der Waals surface area contributed by atoms with Gasteiger partial charge in [0.15, 0.2) is 0 Å². The third-order valence-electron chi connectivity index (χ3n) is 14.6. The van der Waals surface area contributed by atoms with Gasteiger partial charge in [0.2, 0.25) is 0 Å². The molecular weight excluding hydrogens is 751 g/mol. The molecule has 0 amide bonds. The normalized spacial score (nSPS) is 15.0. The topological polar surface area (TPSA) is 16.4 Å². The van der Waals surface area contributed by atoms with Crippen LogP contribution in [0.25, 0.3) is 55.3 Å².